The number of nitrogens with zero attached hydrogens (tertiary/aromatic N) is 1. The molecule has 2 aromatic rings. The van der Waals surface area contributed by atoms with E-state index in [9.17, 15) is 18.0 Å². The molecule has 0 aliphatic carbocycles. The van der Waals surface area contributed by atoms with Crippen LogP contribution in [-0.4, -0.2) is 37.2 Å². The fraction of sp³-hybridized carbons (Fsp3) is 0.263. The number of benzene rings is 2. The number of carbonyl (C=O) groups excluding carboxylic acids is 2. The van der Waals surface area contributed by atoms with E-state index in [1.54, 1.807) is 18.2 Å². The van der Waals surface area contributed by atoms with E-state index in [1.165, 1.54) is 12.1 Å². The Morgan fingerprint density at radius 1 is 1.15 bits per heavy atom. The van der Waals surface area contributed by atoms with Crippen LogP contribution in [0.5, 0.6) is 5.75 Å². The second-order valence-electron chi connectivity index (χ2n) is 6.40. The Labute approximate surface area is 158 Å². The molecular weight excluding hydrogens is 368 g/mol. The number of ether oxygens (including phenoxy) is 1. The van der Waals surface area contributed by atoms with Gasteiger partial charge in [-0.3, -0.25) is 9.59 Å². The zero-order valence-corrected chi connectivity index (χ0v) is 15.8. The molecule has 0 fully saturated rings. The minimum Gasteiger partial charge on any atom is -0.491 e. The quantitative estimate of drug-likeness (QED) is 0.816. The largest absolute Gasteiger partial charge is 0.491 e. The molecule has 0 bridgehead atoms. The summed E-state index contributed by atoms with van der Waals surface area (Å²) < 4.78 is 31.1. The molecule has 0 saturated carbocycles. The van der Waals surface area contributed by atoms with Crippen LogP contribution < -0.4 is 10.1 Å². The van der Waals surface area contributed by atoms with Crippen molar-refractivity contribution in [3.8, 4) is 5.75 Å². The average molecular weight is 388 g/mol. The zero-order valence-electron chi connectivity index (χ0n) is 15.0. The highest BCUT2D eigenvalue weighted by molar-refractivity contribution is 7.90. The van der Waals surface area contributed by atoms with Gasteiger partial charge in [-0.05, 0) is 43.7 Å². The molecule has 0 saturated heterocycles. The maximum Gasteiger partial charge on any atom is 0.269 e. The van der Waals surface area contributed by atoms with Crippen LogP contribution in [0.3, 0.4) is 0 Å². The first-order valence-electron chi connectivity index (χ1n) is 8.47. The van der Waals surface area contributed by atoms with Gasteiger partial charge in [0.15, 0.2) is 0 Å². The molecule has 3 rings (SSSR count). The van der Waals surface area contributed by atoms with Gasteiger partial charge >= 0.3 is 0 Å². The highest BCUT2D eigenvalue weighted by Crippen LogP contribution is 2.29. The number of nitrogens with one attached hydrogen (secondary N) is 1. The molecule has 2 aromatic carbocycles. The summed E-state index contributed by atoms with van der Waals surface area (Å²) in [5, 5.41) is 2.64. The minimum absolute atomic E-state index is 0.0304. The Kier molecular flexibility index (Phi) is 5.18. The van der Waals surface area contributed by atoms with Crippen molar-refractivity contribution in [2.75, 3.05) is 6.54 Å². The van der Waals surface area contributed by atoms with Crippen LogP contribution in [0.25, 0.3) is 0 Å². The molecule has 1 aliphatic rings. The van der Waals surface area contributed by atoms with Crippen molar-refractivity contribution < 1.29 is 22.7 Å². The summed E-state index contributed by atoms with van der Waals surface area (Å²) in [5.41, 5.74) is 0.893. The van der Waals surface area contributed by atoms with E-state index in [-0.39, 0.29) is 23.1 Å². The van der Waals surface area contributed by atoms with E-state index in [2.05, 4.69) is 5.32 Å². The fourth-order valence-corrected chi connectivity index (χ4v) is 4.30. The first-order valence-corrected chi connectivity index (χ1v) is 9.91. The number of fused-ring (bicyclic) bond motifs is 1. The van der Waals surface area contributed by atoms with Crippen LogP contribution in [-0.2, 0) is 21.4 Å². The third-order valence-electron chi connectivity index (χ3n) is 3.96. The number of sulfonamides is 1. The molecule has 27 heavy (non-hydrogen) atoms. The Morgan fingerprint density at radius 3 is 2.59 bits per heavy atom. The molecule has 8 heteroatoms. The van der Waals surface area contributed by atoms with E-state index in [0.717, 1.165) is 5.56 Å². The zero-order chi connectivity index (χ0) is 19.6. The first kappa shape index (κ1) is 18.9. The molecule has 1 N–H and O–H groups in total. The molecule has 1 aliphatic heterocycles. The van der Waals surface area contributed by atoms with Crippen molar-refractivity contribution >= 4 is 21.8 Å². The van der Waals surface area contributed by atoms with E-state index in [0.29, 0.717) is 10.1 Å². The van der Waals surface area contributed by atoms with Crippen molar-refractivity contribution in [3.63, 3.8) is 0 Å². The minimum atomic E-state index is -3.99. The molecule has 7 nitrogen and oxygen atoms in total. The average Bonchev–Trinajstić information content (AvgIpc) is 2.81. The molecule has 0 atom stereocenters. The van der Waals surface area contributed by atoms with Crippen LogP contribution >= 0.6 is 0 Å². The summed E-state index contributed by atoms with van der Waals surface area (Å²) in [5.74, 6) is -0.563. The topological polar surface area (TPSA) is 92.8 Å². The lowest BCUT2D eigenvalue weighted by molar-refractivity contribution is -0.121. The van der Waals surface area contributed by atoms with Crippen molar-refractivity contribution in [2.24, 2.45) is 0 Å². The normalized spacial score (nSPS) is 14.9. The molecule has 2 amide bonds. The Balaban J connectivity index is 1.65. The van der Waals surface area contributed by atoms with Crippen LogP contribution in [0.1, 0.15) is 29.8 Å². The number of rotatable bonds is 6. The van der Waals surface area contributed by atoms with Gasteiger partial charge in [0, 0.05) is 6.54 Å². The highest BCUT2D eigenvalue weighted by Gasteiger charge is 2.41. The second-order valence-corrected chi connectivity index (χ2v) is 8.23. The third kappa shape index (κ3) is 3.95. The van der Waals surface area contributed by atoms with Gasteiger partial charge in [-0.15, -0.1) is 0 Å². The predicted octanol–water partition coefficient (Wildman–Crippen LogP) is 1.93. The lowest BCUT2D eigenvalue weighted by atomic mass is 10.2. The maximum atomic E-state index is 12.5. The molecule has 1 heterocycles. The molecule has 142 valence electrons. The van der Waals surface area contributed by atoms with Gasteiger partial charge in [0.2, 0.25) is 5.91 Å². The summed E-state index contributed by atoms with van der Waals surface area (Å²) in [7, 11) is -3.99. The Morgan fingerprint density at radius 2 is 1.89 bits per heavy atom. The van der Waals surface area contributed by atoms with Crippen LogP contribution in [0.2, 0.25) is 0 Å². The van der Waals surface area contributed by atoms with E-state index < -0.39 is 28.4 Å². The monoisotopic (exact) mass is 388 g/mol. The summed E-state index contributed by atoms with van der Waals surface area (Å²) in [6.45, 7) is 3.47. The number of hydrogen-bond donors (Lipinski definition) is 1. The predicted molar refractivity (Wildman–Crippen MR) is 98.7 cm³/mol. The molecule has 0 unspecified atom stereocenters. The molecular formula is C19H20N2O5S. The first-order chi connectivity index (χ1) is 12.8. The lowest BCUT2D eigenvalue weighted by Gasteiger charge is -2.15. The third-order valence-corrected chi connectivity index (χ3v) is 5.75. The number of hydrogen-bond acceptors (Lipinski definition) is 5. The van der Waals surface area contributed by atoms with Crippen LogP contribution in [0.4, 0.5) is 0 Å². The van der Waals surface area contributed by atoms with Gasteiger partial charge in [-0.2, -0.15) is 0 Å². The van der Waals surface area contributed by atoms with Crippen molar-refractivity contribution in [1.29, 1.82) is 0 Å². The van der Waals surface area contributed by atoms with Gasteiger partial charge in [0.1, 0.15) is 17.2 Å². The lowest BCUT2D eigenvalue weighted by Crippen LogP contribution is -2.40. The number of carbonyl (C=O) groups is 2. The highest BCUT2D eigenvalue weighted by atomic mass is 32.2. The van der Waals surface area contributed by atoms with Crippen LogP contribution in [0, 0.1) is 0 Å². The summed E-state index contributed by atoms with van der Waals surface area (Å²) >= 11 is 0. The van der Waals surface area contributed by atoms with Gasteiger partial charge < -0.3 is 10.1 Å². The summed E-state index contributed by atoms with van der Waals surface area (Å²) in [6, 6.07) is 13.2. The second kappa shape index (κ2) is 7.40. The fourth-order valence-electron chi connectivity index (χ4n) is 2.78. The summed E-state index contributed by atoms with van der Waals surface area (Å²) in [6.07, 6.45) is 0.0304. The summed E-state index contributed by atoms with van der Waals surface area (Å²) in [4.78, 5) is 24.5. The number of amides is 2. The smallest absolute Gasteiger partial charge is 0.269 e. The van der Waals surface area contributed by atoms with E-state index in [4.69, 9.17) is 4.74 Å². The van der Waals surface area contributed by atoms with Gasteiger partial charge in [0.05, 0.1) is 11.7 Å². The van der Waals surface area contributed by atoms with Crippen LogP contribution in [0.15, 0.2) is 53.4 Å². The van der Waals surface area contributed by atoms with Gasteiger partial charge in [-0.25, -0.2) is 12.7 Å². The Hall–Kier alpha value is -2.87. The van der Waals surface area contributed by atoms with Crippen molar-refractivity contribution in [1.82, 2.24) is 9.62 Å². The van der Waals surface area contributed by atoms with Crippen molar-refractivity contribution in [2.45, 2.75) is 31.4 Å². The van der Waals surface area contributed by atoms with E-state index >= 15 is 0 Å². The van der Waals surface area contributed by atoms with Gasteiger partial charge in [0.25, 0.3) is 15.9 Å². The van der Waals surface area contributed by atoms with E-state index in [1.807, 2.05) is 32.0 Å². The van der Waals surface area contributed by atoms with Crippen molar-refractivity contribution in [3.05, 3.63) is 59.7 Å². The molecule has 0 aromatic heterocycles. The molecule has 0 spiro atoms. The maximum absolute atomic E-state index is 12.5. The molecule has 0 radical (unpaired) electrons. The SMILES string of the molecule is CC(C)Oc1cccc(CNC(=O)CN2C(=O)c3ccccc3S2(=O)=O)c1. The standard InChI is InChI=1S/C19H20N2O5S/c1-13(2)26-15-7-5-6-14(10-15)11-20-18(22)12-21-19(23)16-8-3-4-9-17(16)27(21,24)25/h3-10,13H,11-12H2,1-2H3,(H,20,22). The van der Waals surface area contributed by atoms with Gasteiger partial charge in [-0.1, -0.05) is 24.3 Å². The Bertz CT molecular complexity index is 985.